The van der Waals surface area contributed by atoms with Gasteiger partial charge in [-0.3, -0.25) is 4.79 Å². The van der Waals surface area contributed by atoms with Crippen molar-refractivity contribution in [1.82, 2.24) is 4.98 Å². The highest BCUT2D eigenvalue weighted by Gasteiger charge is 2.43. The molecule has 0 bridgehead atoms. The molecule has 0 unspecified atom stereocenters. The molecule has 1 aromatic rings. The fraction of sp³-hybridized carbons (Fsp3) is 0.625. The van der Waals surface area contributed by atoms with Crippen LogP contribution in [0.3, 0.4) is 0 Å². The van der Waals surface area contributed by atoms with Crippen molar-refractivity contribution in [2.75, 3.05) is 5.32 Å². The van der Waals surface area contributed by atoms with E-state index < -0.39 is 8.32 Å². The maximum absolute atomic E-state index is 12.2. The smallest absolute Gasteiger partial charge is 0.228 e. The van der Waals surface area contributed by atoms with E-state index in [1.165, 1.54) is 0 Å². The Balaban J connectivity index is 1.83. The molecule has 1 heterocycles. The predicted molar refractivity (Wildman–Crippen MR) is 95.4 cm³/mol. The van der Waals surface area contributed by atoms with Gasteiger partial charge in [-0.05, 0) is 43.1 Å². The summed E-state index contributed by atoms with van der Waals surface area (Å²) in [5.41, 5.74) is 0. The van der Waals surface area contributed by atoms with Gasteiger partial charge in [0.25, 0.3) is 0 Å². The number of halogens is 1. The summed E-state index contributed by atoms with van der Waals surface area (Å²) in [6, 6.07) is 3.64. The summed E-state index contributed by atoms with van der Waals surface area (Å²) < 4.78 is 7.23. The minimum absolute atomic E-state index is 0.0375. The van der Waals surface area contributed by atoms with E-state index in [1.54, 1.807) is 12.3 Å². The fourth-order valence-corrected chi connectivity index (χ4v) is 3.89. The summed E-state index contributed by atoms with van der Waals surface area (Å²) in [5, 5.41) is 3.08. The standard InChI is InChI=1S/C16H25BrN2O2Si/c1-16(2,3)22(4,5)21-13-8-11(9-13)15(20)19-14-10-12(17)6-7-18-14/h6-7,10-11,13H,8-9H2,1-5H3,(H,18,19,20)/t11-,13+. The maximum Gasteiger partial charge on any atom is 0.228 e. The molecule has 122 valence electrons. The summed E-state index contributed by atoms with van der Waals surface area (Å²) in [6.07, 6.45) is 3.52. The van der Waals surface area contributed by atoms with Crippen LogP contribution in [0.5, 0.6) is 0 Å². The zero-order valence-corrected chi connectivity index (χ0v) is 16.5. The predicted octanol–water partition coefficient (Wildman–Crippen LogP) is 4.58. The van der Waals surface area contributed by atoms with Crippen LogP contribution < -0.4 is 5.32 Å². The van der Waals surface area contributed by atoms with Crippen molar-refractivity contribution in [3.8, 4) is 0 Å². The Morgan fingerprint density at radius 1 is 1.41 bits per heavy atom. The fourth-order valence-electron chi connectivity index (χ4n) is 2.17. The van der Waals surface area contributed by atoms with Gasteiger partial charge in [-0.15, -0.1) is 0 Å². The molecule has 1 aromatic heterocycles. The lowest BCUT2D eigenvalue weighted by Gasteiger charge is -2.44. The van der Waals surface area contributed by atoms with Gasteiger partial charge in [0.15, 0.2) is 8.32 Å². The van der Waals surface area contributed by atoms with Crippen molar-refractivity contribution in [3.63, 3.8) is 0 Å². The van der Waals surface area contributed by atoms with Gasteiger partial charge in [0, 0.05) is 22.7 Å². The summed E-state index contributed by atoms with van der Waals surface area (Å²) in [7, 11) is -1.73. The second kappa shape index (κ2) is 6.41. The van der Waals surface area contributed by atoms with Crippen LogP contribution in [0, 0.1) is 5.92 Å². The van der Waals surface area contributed by atoms with Gasteiger partial charge in [-0.25, -0.2) is 4.98 Å². The number of nitrogens with one attached hydrogen (secondary N) is 1. The number of hydrogen-bond donors (Lipinski definition) is 1. The Morgan fingerprint density at radius 2 is 2.05 bits per heavy atom. The van der Waals surface area contributed by atoms with Crippen LogP contribution in [0.15, 0.2) is 22.8 Å². The van der Waals surface area contributed by atoms with Crippen molar-refractivity contribution in [2.45, 2.75) is 57.8 Å². The van der Waals surface area contributed by atoms with Crippen LogP contribution in [0.25, 0.3) is 0 Å². The highest BCUT2D eigenvalue weighted by Crippen LogP contribution is 2.41. The first kappa shape index (κ1) is 17.6. The summed E-state index contributed by atoms with van der Waals surface area (Å²) >= 11 is 3.37. The number of pyridine rings is 1. The van der Waals surface area contributed by atoms with Gasteiger partial charge < -0.3 is 9.74 Å². The van der Waals surface area contributed by atoms with Gasteiger partial charge in [0.1, 0.15) is 5.82 Å². The molecule has 0 spiro atoms. The number of amides is 1. The summed E-state index contributed by atoms with van der Waals surface area (Å²) in [6.45, 7) is 11.2. The molecule has 22 heavy (non-hydrogen) atoms. The third-order valence-corrected chi connectivity index (χ3v) is 9.73. The number of nitrogens with zero attached hydrogens (tertiary/aromatic N) is 1. The Hall–Kier alpha value is -0.723. The van der Waals surface area contributed by atoms with Gasteiger partial charge in [0.2, 0.25) is 5.91 Å². The van der Waals surface area contributed by atoms with Crippen LogP contribution in [0.1, 0.15) is 33.6 Å². The van der Waals surface area contributed by atoms with Crippen LogP contribution in [0.2, 0.25) is 18.1 Å². The Morgan fingerprint density at radius 3 is 2.59 bits per heavy atom. The quantitative estimate of drug-likeness (QED) is 0.772. The van der Waals surface area contributed by atoms with Crippen LogP contribution >= 0.6 is 15.9 Å². The van der Waals surface area contributed by atoms with Crippen LogP contribution in [-0.4, -0.2) is 25.3 Å². The van der Waals surface area contributed by atoms with E-state index in [1.807, 2.05) is 6.07 Å². The molecule has 1 fully saturated rings. The number of anilines is 1. The Kier molecular flexibility index (Phi) is 5.14. The van der Waals surface area contributed by atoms with Gasteiger partial charge in [0.05, 0.1) is 0 Å². The number of carbonyl (C=O) groups is 1. The molecular weight excluding hydrogens is 360 g/mol. The number of hydrogen-bond acceptors (Lipinski definition) is 3. The number of aromatic nitrogens is 1. The molecule has 1 aliphatic carbocycles. The van der Waals surface area contributed by atoms with Gasteiger partial charge in [-0.2, -0.15) is 0 Å². The average Bonchev–Trinajstić information content (AvgIpc) is 2.31. The Bertz CT molecular complexity index is 551. The topological polar surface area (TPSA) is 51.2 Å². The first-order valence-electron chi connectivity index (χ1n) is 7.69. The number of rotatable bonds is 4. The van der Waals surface area contributed by atoms with E-state index in [0.717, 1.165) is 17.3 Å². The molecule has 4 nitrogen and oxygen atoms in total. The second-order valence-electron chi connectivity index (χ2n) is 7.52. The molecule has 0 atom stereocenters. The minimum atomic E-state index is -1.73. The van der Waals surface area contributed by atoms with E-state index in [0.29, 0.717) is 5.82 Å². The summed E-state index contributed by atoms with van der Waals surface area (Å²) in [4.78, 5) is 16.3. The lowest BCUT2D eigenvalue weighted by molar-refractivity contribution is -0.125. The molecule has 0 saturated heterocycles. The van der Waals surface area contributed by atoms with Crippen molar-refractivity contribution in [2.24, 2.45) is 5.92 Å². The SMILES string of the molecule is CC(C)(C)[Si](C)(C)O[C@H]1C[C@@H](C(=O)Nc2cc(Br)ccn2)C1. The van der Waals surface area contributed by atoms with E-state index in [-0.39, 0.29) is 23.0 Å². The molecule has 1 amide bonds. The first-order chi connectivity index (χ1) is 10.1. The van der Waals surface area contributed by atoms with Crippen LogP contribution in [-0.2, 0) is 9.22 Å². The lowest BCUT2D eigenvalue weighted by atomic mass is 9.82. The van der Waals surface area contributed by atoms with Crippen molar-refractivity contribution in [3.05, 3.63) is 22.8 Å². The molecule has 1 N–H and O–H groups in total. The van der Waals surface area contributed by atoms with Crippen molar-refractivity contribution in [1.29, 1.82) is 0 Å². The maximum atomic E-state index is 12.2. The highest BCUT2D eigenvalue weighted by molar-refractivity contribution is 9.10. The Labute approximate surface area is 142 Å². The zero-order chi connectivity index (χ0) is 16.5. The highest BCUT2D eigenvalue weighted by atomic mass is 79.9. The molecule has 6 heteroatoms. The number of carbonyl (C=O) groups excluding carboxylic acids is 1. The van der Waals surface area contributed by atoms with E-state index >= 15 is 0 Å². The van der Waals surface area contributed by atoms with Gasteiger partial charge in [-0.1, -0.05) is 36.7 Å². The third-order valence-electron chi connectivity index (χ3n) is 4.71. The van der Waals surface area contributed by atoms with Crippen LogP contribution in [0.4, 0.5) is 5.82 Å². The lowest BCUT2D eigenvalue weighted by Crippen LogP contribution is -2.49. The molecule has 1 saturated carbocycles. The third kappa shape index (κ3) is 4.17. The van der Waals surface area contributed by atoms with E-state index in [4.69, 9.17) is 4.43 Å². The summed E-state index contributed by atoms with van der Waals surface area (Å²) in [5.74, 6) is 0.671. The van der Waals surface area contributed by atoms with Crippen molar-refractivity contribution < 1.29 is 9.22 Å². The molecule has 2 rings (SSSR count). The largest absolute Gasteiger partial charge is 0.414 e. The van der Waals surface area contributed by atoms with E-state index in [2.05, 4.69) is 60.1 Å². The first-order valence-corrected chi connectivity index (χ1v) is 11.4. The molecule has 0 aliphatic heterocycles. The molecule has 0 aromatic carbocycles. The second-order valence-corrected chi connectivity index (χ2v) is 13.2. The zero-order valence-electron chi connectivity index (χ0n) is 13.9. The average molecular weight is 385 g/mol. The van der Waals surface area contributed by atoms with E-state index in [9.17, 15) is 4.79 Å². The van der Waals surface area contributed by atoms with Crippen molar-refractivity contribution >= 4 is 36.0 Å². The monoisotopic (exact) mass is 384 g/mol. The molecule has 0 radical (unpaired) electrons. The molecule has 1 aliphatic rings. The minimum Gasteiger partial charge on any atom is -0.414 e. The normalized spacial score (nSPS) is 22.1. The molecular formula is C16H25BrN2O2Si. The van der Waals surface area contributed by atoms with Gasteiger partial charge >= 0.3 is 0 Å².